The van der Waals surface area contributed by atoms with E-state index in [0.717, 1.165) is 11.0 Å². The Hall–Kier alpha value is 0.888. The van der Waals surface area contributed by atoms with Gasteiger partial charge in [-0.2, -0.15) is 0 Å². The monoisotopic (exact) mass is 306 g/mol. The van der Waals surface area contributed by atoms with Crippen LogP contribution in [0.5, 0.6) is 0 Å². The van der Waals surface area contributed by atoms with Gasteiger partial charge < -0.3 is 0 Å². The van der Waals surface area contributed by atoms with E-state index in [2.05, 4.69) is 0 Å². The standard InChI is InChI=1S/C5H13NO.HO3P.Sb.H/c1-6(2,3)4-5-7;1-4(2)3;;/h4-5H2,1-3H3;(H-,1,2,3);;/p+1. The van der Waals surface area contributed by atoms with Gasteiger partial charge in [0.2, 0.25) is 0 Å². The van der Waals surface area contributed by atoms with Gasteiger partial charge in [0.25, 0.3) is 0 Å². The van der Waals surface area contributed by atoms with Crippen LogP contribution in [-0.2, 0) is 7.58 Å². The molecule has 0 bridgehead atoms. The Morgan fingerprint density at radius 3 is 2.25 bits per heavy atom. The van der Waals surface area contributed by atoms with Crippen LogP contribution >= 0.6 is 5.17 Å². The Morgan fingerprint density at radius 1 is 1.42 bits per heavy atom. The van der Waals surface area contributed by atoms with Gasteiger partial charge in [0.1, 0.15) is 0 Å². The van der Waals surface area contributed by atoms with Gasteiger partial charge in [-0.05, 0) is 0 Å². The molecule has 0 aromatic heterocycles. The Bertz CT molecular complexity index is 175. The van der Waals surface area contributed by atoms with Crippen LogP contribution in [0.2, 0.25) is 0 Å². The molecule has 0 rings (SSSR count). The van der Waals surface area contributed by atoms with Crippen molar-refractivity contribution in [3.63, 3.8) is 0 Å². The van der Waals surface area contributed by atoms with Crippen molar-refractivity contribution in [2.75, 3.05) is 34.3 Å². The van der Waals surface area contributed by atoms with E-state index in [1.165, 1.54) is 0 Å². The predicted octanol–water partition coefficient (Wildman–Crippen LogP) is -0.847. The SMILES string of the molecule is C[N+](C)(C)CC[O][SbH][P](=O)(O)O. The molecule has 12 heavy (non-hydrogen) atoms. The van der Waals surface area contributed by atoms with Gasteiger partial charge in [-0.3, -0.25) is 0 Å². The molecule has 0 saturated carbocycles. The first-order valence-corrected chi connectivity index (χ1v) is 10.1. The van der Waals surface area contributed by atoms with Crippen molar-refractivity contribution in [1.29, 1.82) is 0 Å². The number of nitrogens with zero attached hydrogens (tertiary/aromatic N) is 1. The molecule has 0 aromatic carbocycles. The number of rotatable bonds is 5. The van der Waals surface area contributed by atoms with Gasteiger partial charge in [-0.25, -0.2) is 0 Å². The fourth-order valence-corrected chi connectivity index (χ4v) is 3.19. The second-order valence-electron chi connectivity index (χ2n) is 3.50. The van der Waals surface area contributed by atoms with Gasteiger partial charge in [-0.1, -0.05) is 0 Å². The summed E-state index contributed by atoms with van der Waals surface area (Å²) in [6.45, 7) is 1.22. The summed E-state index contributed by atoms with van der Waals surface area (Å²) in [7, 11) is 6.02. The Balaban J connectivity index is 3.41. The molecule has 7 heteroatoms. The van der Waals surface area contributed by atoms with Crippen molar-refractivity contribution in [2.24, 2.45) is 0 Å². The maximum atomic E-state index is 10.4. The molecule has 5 nitrogen and oxygen atoms in total. The van der Waals surface area contributed by atoms with E-state index >= 15 is 0 Å². The summed E-state index contributed by atoms with van der Waals surface area (Å²) in [5.41, 5.74) is 0. The van der Waals surface area contributed by atoms with Crippen molar-refractivity contribution in [2.45, 2.75) is 0 Å². The molecule has 0 heterocycles. The first-order valence-electron chi connectivity index (χ1n) is 3.46. The summed E-state index contributed by atoms with van der Waals surface area (Å²) >= 11 is -1.93. The van der Waals surface area contributed by atoms with E-state index in [-0.39, 0.29) is 0 Å². The molecule has 0 fully saturated rings. The normalized spacial score (nSPS) is 13.4. The molecule has 0 radical (unpaired) electrons. The van der Waals surface area contributed by atoms with E-state index in [1.54, 1.807) is 0 Å². The quantitative estimate of drug-likeness (QED) is 0.301. The fourth-order valence-electron chi connectivity index (χ4n) is 0.449. The minimum absolute atomic E-state index is 0.445. The van der Waals surface area contributed by atoms with Crippen molar-refractivity contribution >= 4 is 26.6 Å². The van der Waals surface area contributed by atoms with Gasteiger partial charge in [0, 0.05) is 0 Å². The molecule has 0 saturated heterocycles. The average Bonchev–Trinajstić information content (AvgIpc) is 1.76. The zero-order valence-electron chi connectivity index (χ0n) is 7.52. The summed E-state index contributed by atoms with van der Waals surface area (Å²) in [5.74, 6) is 0. The predicted molar refractivity (Wildman–Crippen MR) is 48.0 cm³/mol. The second kappa shape index (κ2) is 4.94. The molecule has 74 valence electrons. The Morgan fingerprint density at radius 2 is 1.92 bits per heavy atom. The van der Waals surface area contributed by atoms with Crippen molar-refractivity contribution in [3.05, 3.63) is 0 Å². The summed E-state index contributed by atoms with van der Waals surface area (Å²) in [6.07, 6.45) is 0. The third-order valence-electron chi connectivity index (χ3n) is 1.05. The van der Waals surface area contributed by atoms with Crippen LogP contribution < -0.4 is 0 Å². The first-order chi connectivity index (χ1) is 5.21. The molecule has 0 atom stereocenters. The molecule has 0 amide bonds. The third kappa shape index (κ3) is 10.9. The molecular weight excluding hydrogens is 291 g/mol. The minimum atomic E-state index is -3.81. The van der Waals surface area contributed by atoms with E-state index in [4.69, 9.17) is 12.8 Å². The molecule has 0 unspecified atom stereocenters. The van der Waals surface area contributed by atoms with Gasteiger partial charge in [0.15, 0.2) is 0 Å². The van der Waals surface area contributed by atoms with Gasteiger partial charge in [-0.15, -0.1) is 0 Å². The van der Waals surface area contributed by atoms with Gasteiger partial charge in [0.05, 0.1) is 0 Å². The van der Waals surface area contributed by atoms with Crippen molar-refractivity contribution in [3.8, 4) is 0 Å². The van der Waals surface area contributed by atoms with Crippen LogP contribution in [0.25, 0.3) is 0 Å². The van der Waals surface area contributed by atoms with Crippen molar-refractivity contribution < 1.29 is 21.9 Å². The summed E-state index contributed by atoms with van der Waals surface area (Å²) < 4.78 is 16.1. The average molecular weight is 307 g/mol. The number of hydrogen-bond acceptors (Lipinski definition) is 2. The van der Waals surface area contributed by atoms with Crippen LogP contribution in [-0.4, -0.2) is 70.0 Å². The van der Waals surface area contributed by atoms with Crippen LogP contribution in [0.4, 0.5) is 0 Å². The van der Waals surface area contributed by atoms with E-state index in [0.29, 0.717) is 6.61 Å². The molecule has 0 aliphatic rings. The van der Waals surface area contributed by atoms with Crippen LogP contribution in [0, 0.1) is 0 Å². The van der Waals surface area contributed by atoms with Crippen LogP contribution in [0.3, 0.4) is 0 Å². The van der Waals surface area contributed by atoms with E-state index in [1.807, 2.05) is 21.1 Å². The second-order valence-corrected chi connectivity index (χ2v) is 12.1. The molecule has 0 aromatic rings. The van der Waals surface area contributed by atoms with E-state index in [9.17, 15) is 4.57 Å². The van der Waals surface area contributed by atoms with E-state index < -0.39 is 26.6 Å². The molecule has 2 N–H and O–H groups in total. The Kier molecular flexibility index (Phi) is 5.31. The third-order valence-corrected chi connectivity index (χ3v) is 5.14. The molecular formula is C5H16NO4PSb+. The number of likely N-dealkylation sites (N-methyl/N-ethyl adjacent to an activating group) is 1. The van der Waals surface area contributed by atoms with Crippen molar-refractivity contribution in [1.82, 2.24) is 0 Å². The number of hydrogen-bond donors (Lipinski definition) is 2. The summed E-state index contributed by atoms with van der Waals surface area (Å²) in [6, 6.07) is 0. The summed E-state index contributed by atoms with van der Waals surface area (Å²) in [5, 5.41) is -3.81. The fraction of sp³-hybridized carbons (Fsp3) is 1.00. The van der Waals surface area contributed by atoms with Crippen LogP contribution in [0.1, 0.15) is 0 Å². The first kappa shape index (κ1) is 12.9. The zero-order chi connectivity index (χ0) is 9.83. The number of quaternary nitrogens is 1. The summed E-state index contributed by atoms with van der Waals surface area (Å²) in [4.78, 5) is 17.0. The van der Waals surface area contributed by atoms with Crippen LogP contribution in [0.15, 0.2) is 0 Å². The molecule has 0 aliphatic heterocycles. The molecule has 0 aliphatic carbocycles. The Labute approximate surface area is 82.9 Å². The maximum absolute atomic E-state index is 10.4. The zero-order valence-corrected chi connectivity index (χ0v) is 11.3. The topological polar surface area (TPSA) is 66.8 Å². The van der Waals surface area contributed by atoms with Gasteiger partial charge >= 0.3 is 82.8 Å². The molecule has 0 spiro atoms.